The van der Waals surface area contributed by atoms with E-state index in [1.807, 2.05) is 21.1 Å². The second kappa shape index (κ2) is 20.2. The average molecular weight is 479 g/mol. The Bertz CT molecular complexity index is 493. The molecule has 1 atom stereocenters. The quantitative estimate of drug-likeness (QED) is 0.0709. The molecule has 0 heterocycles. The van der Waals surface area contributed by atoms with Gasteiger partial charge in [0.15, 0.2) is 0 Å². The summed E-state index contributed by atoms with van der Waals surface area (Å²) in [7, 11) is 1.93. The van der Waals surface area contributed by atoms with Gasteiger partial charge in [-0.15, -0.1) is 0 Å². The highest BCUT2D eigenvalue weighted by atomic mass is 31.2. The zero-order valence-corrected chi connectivity index (χ0v) is 22.5. The molecule has 0 bridgehead atoms. The van der Waals surface area contributed by atoms with Gasteiger partial charge in [0.1, 0.15) is 13.2 Å². The summed E-state index contributed by atoms with van der Waals surface area (Å²) in [6.45, 7) is 7.90. The molecule has 0 aliphatic heterocycles. The summed E-state index contributed by atoms with van der Waals surface area (Å²) >= 11 is 0. The Hall–Kier alpha value is -0.230. The van der Waals surface area contributed by atoms with Crippen molar-refractivity contribution in [1.82, 2.24) is 0 Å². The van der Waals surface area contributed by atoms with Crippen LogP contribution in [0.5, 0.6) is 0 Å². The molecule has 1 N–H and O–H groups in total. The van der Waals surface area contributed by atoms with E-state index in [0.717, 1.165) is 6.42 Å². The van der Waals surface area contributed by atoms with Crippen molar-refractivity contribution in [3.05, 3.63) is 12.2 Å². The highest BCUT2D eigenvalue weighted by Crippen LogP contribution is 2.43. The van der Waals surface area contributed by atoms with Crippen molar-refractivity contribution in [2.75, 3.05) is 54.1 Å². The lowest BCUT2D eigenvalue weighted by atomic mass is 10.0. The molecule has 32 heavy (non-hydrogen) atoms. The van der Waals surface area contributed by atoms with E-state index in [9.17, 15) is 9.46 Å². The first-order chi connectivity index (χ1) is 15.2. The Morgan fingerprint density at radius 2 is 1.22 bits per heavy atom. The van der Waals surface area contributed by atoms with E-state index in [2.05, 4.69) is 13.5 Å². The third kappa shape index (κ3) is 24.4. The molecular formula is C25H53NO5P+. The number of nitrogens with zero attached hydrogens (tertiary/aromatic N) is 1. The molecule has 7 heteroatoms. The molecular weight excluding hydrogens is 425 g/mol. The van der Waals surface area contributed by atoms with Crippen molar-refractivity contribution in [2.24, 2.45) is 0 Å². The molecule has 1 unspecified atom stereocenters. The number of hydrogen-bond acceptors (Lipinski definition) is 4. The molecule has 0 aliphatic carbocycles. The molecule has 0 rings (SSSR count). The highest BCUT2D eigenvalue weighted by Gasteiger charge is 2.22. The third-order valence-electron chi connectivity index (χ3n) is 5.40. The van der Waals surface area contributed by atoms with E-state index in [-0.39, 0.29) is 13.2 Å². The van der Waals surface area contributed by atoms with Gasteiger partial charge in [-0.25, -0.2) is 4.57 Å². The first-order valence-electron chi connectivity index (χ1n) is 12.8. The zero-order chi connectivity index (χ0) is 24.1. The van der Waals surface area contributed by atoms with Crippen LogP contribution >= 0.6 is 7.82 Å². The zero-order valence-electron chi connectivity index (χ0n) is 21.6. The van der Waals surface area contributed by atoms with Crippen LogP contribution < -0.4 is 0 Å². The number of likely N-dealkylation sites (N-methyl/N-ethyl adjacent to an activating group) is 1. The van der Waals surface area contributed by atoms with Crippen LogP contribution in [-0.2, 0) is 18.3 Å². The van der Waals surface area contributed by atoms with Crippen LogP contribution in [0.1, 0.15) is 96.8 Å². The van der Waals surface area contributed by atoms with Crippen molar-refractivity contribution in [2.45, 2.75) is 96.8 Å². The van der Waals surface area contributed by atoms with Gasteiger partial charge in [-0.05, 0) is 12.0 Å². The molecule has 0 aliphatic rings. The topological polar surface area (TPSA) is 65.0 Å². The molecule has 0 aromatic carbocycles. The monoisotopic (exact) mass is 478 g/mol. The molecule has 0 fully saturated rings. The van der Waals surface area contributed by atoms with Crippen molar-refractivity contribution in [3.63, 3.8) is 0 Å². The summed E-state index contributed by atoms with van der Waals surface area (Å²) in [4.78, 5) is 9.69. The van der Waals surface area contributed by atoms with Crippen molar-refractivity contribution >= 4 is 7.82 Å². The molecule has 0 radical (unpaired) electrons. The number of phosphoric acid groups is 1. The number of ether oxygens (including phenoxy) is 1. The van der Waals surface area contributed by atoms with Crippen LogP contribution in [0.4, 0.5) is 0 Å². The fraction of sp³-hybridized carbons (Fsp3) is 0.920. The van der Waals surface area contributed by atoms with Gasteiger partial charge in [0.25, 0.3) is 0 Å². The van der Waals surface area contributed by atoms with Crippen LogP contribution in [-0.4, -0.2) is 63.5 Å². The predicted octanol–water partition coefficient (Wildman–Crippen LogP) is 6.88. The molecule has 0 amide bonds. The van der Waals surface area contributed by atoms with Gasteiger partial charge in [-0.3, -0.25) is 9.05 Å². The maximum atomic E-state index is 11.8. The van der Waals surface area contributed by atoms with Crippen LogP contribution in [0, 0.1) is 0 Å². The molecule has 0 saturated heterocycles. The van der Waals surface area contributed by atoms with Gasteiger partial charge in [-0.1, -0.05) is 97.0 Å². The van der Waals surface area contributed by atoms with Gasteiger partial charge >= 0.3 is 7.82 Å². The smallest absolute Gasteiger partial charge is 0.377 e. The van der Waals surface area contributed by atoms with Gasteiger partial charge < -0.3 is 14.1 Å². The lowest BCUT2D eigenvalue weighted by Crippen LogP contribution is -2.37. The maximum absolute atomic E-state index is 11.8. The lowest BCUT2D eigenvalue weighted by Gasteiger charge is -2.24. The number of hydrogen-bond donors (Lipinski definition) is 1. The Balaban J connectivity index is 3.41. The lowest BCUT2D eigenvalue weighted by molar-refractivity contribution is -0.870. The minimum absolute atomic E-state index is 0.0309. The minimum Gasteiger partial charge on any atom is -0.377 e. The Kier molecular flexibility index (Phi) is 20.0. The van der Waals surface area contributed by atoms with Crippen LogP contribution in [0.25, 0.3) is 0 Å². The summed E-state index contributed by atoms with van der Waals surface area (Å²) < 4.78 is 28.1. The average Bonchev–Trinajstić information content (AvgIpc) is 2.71. The van der Waals surface area contributed by atoms with Gasteiger partial charge in [0, 0.05) is 6.61 Å². The van der Waals surface area contributed by atoms with E-state index >= 15 is 0 Å². The van der Waals surface area contributed by atoms with E-state index in [4.69, 9.17) is 13.8 Å². The van der Waals surface area contributed by atoms with Gasteiger partial charge in [-0.2, -0.15) is 0 Å². The van der Waals surface area contributed by atoms with E-state index in [0.29, 0.717) is 29.8 Å². The first kappa shape index (κ1) is 31.8. The summed E-state index contributed by atoms with van der Waals surface area (Å²) in [5.74, 6) is 0. The molecule has 192 valence electrons. The minimum atomic E-state index is -4.03. The predicted molar refractivity (Wildman–Crippen MR) is 135 cm³/mol. The summed E-state index contributed by atoms with van der Waals surface area (Å²) in [6.07, 6.45) is 18.7. The van der Waals surface area contributed by atoms with Crippen LogP contribution in [0.3, 0.4) is 0 Å². The number of unbranched alkanes of at least 4 members (excludes halogenated alkanes) is 13. The largest absolute Gasteiger partial charge is 0.472 e. The van der Waals surface area contributed by atoms with Gasteiger partial charge in [0.2, 0.25) is 0 Å². The third-order valence-corrected chi connectivity index (χ3v) is 6.36. The normalized spacial score (nSPS) is 13.9. The summed E-state index contributed by atoms with van der Waals surface area (Å²) in [6, 6.07) is 0. The molecule has 0 spiro atoms. The second-order valence-electron chi connectivity index (χ2n) is 9.99. The molecule has 6 nitrogen and oxygen atoms in total. The standard InChI is InChI=1S/C25H52NO5P/c1-6-7-8-9-10-11-12-13-14-15-16-17-18-19-21-29-23-25(2)24-31-32(27,28)30-22-20-26(3,4)5/h2,6-24H2,1,3-5H3/p+1. The first-order valence-corrected chi connectivity index (χ1v) is 14.3. The fourth-order valence-corrected chi connectivity index (χ4v) is 4.03. The van der Waals surface area contributed by atoms with E-state index < -0.39 is 7.82 Å². The van der Waals surface area contributed by atoms with Crippen molar-refractivity contribution in [1.29, 1.82) is 0 Å². The number of phosphoric ester groups is 1. The Morgan fingerprint density at radius 3 is 1.69 bits per heavy atom. The molecule has 0 aromatic rings. The van der Waals surface area contributed by atoms with Crippen molar-refractivity contribution < 1.29 is 27.7 Å². The van der Waals surface area contributed by atoms with Crippen LogP contribution in [0.2, 0.25) is 0 Å². The Morgan fingerprint density at radius 1 is 0.750 bits per heavy atom. The second-order valence-corrected chi connectivity index (χ2v) is 11.4. The van der Waals surface area contributed by atoms with E-state index in [1.54, 1.807) is 0 Å². The summed E-state index contributed by atoms with van der Waals surface area (Å²) in [5.41, 5.74) is 0.639. The SMILES string of the molecule is C=C(COCCCCCCCCCCCCCCCC)COP(=O)(O)OCC[N+](C)(C)C. The van der Waals surface area contributed by atoms with Crippen molar-refractivity contribution in [3.8, 4) is 0 Å². The fourth-order valence-electron chi connectivity index (χ4n) is 3.30. The van der Waals surface area contributed by atoms with Crippen LogP contribution in [0.15, 0.2) is 12.2 Å². The van der Waals surface area contributed by atoms with E-state index in [1.165, 1.54) is 83.5 Å². The maximum Gasteiger partial charge on any atom is 0.472 e. The number of quaternary nitrogens is 1. The number of rotatable bonds is 24. The molecule has 0 saturated carbocycles. The van der Waals surface area contributed by atoms with Gasteiger partial charge in [0.05, 0.1) is 34.4 Å². The Labute approximate surface area is 198 Å². The highest BCUT2D eigenvalue weighted by molar-refractivity contribution is 7.47. The molecule has 0 aromatic heterocycles. The summed E-state index contributed by atoms with van der Waals surface area (Å²) in [5, 5.41) is 0.